The number of allylic oxidation sites excluding steroid dienone is 2. The monoisotopic (exact) mass is 450 g/mol. The van der Waals surface area contributed by atoms with Crippen LogP contribution in [0.2, 0.25) is 0 Å². The van der Waals surface area contributed by atoms with Gasteiger partial charge in [0, 0.05) is 37.0 Å². The molecule has 0 aliphatic heterocycles. The van der Waals surface area contributed by atoms with Crippen molar-refractivity contribution in [3.05, 3.63) is 29.2 Å². The summed E-state index contributed by atoms with van der Waals surface area (Å²) < 4.78 is 11.6. The fourth-order valence-corrected chi connectivity index (χ4v) is 8.63. The Bertz CT molecular complexity index is 1000. The quantitative estimate of drug-likeness (QED) is 0.273. The van der Waals surface area contributed by atoms with E-state index in [1.54, 1.807) is 7.11 Å². The zero-order chi connectivity index (χ0) is 22.9. The molecular formula is C28H34O5. The molecule has 0 amide bonds. The van der Waals surface area contributed by atoms with E-state index >= 15 is 0 Å². The number of rotatable bonds is 3. The van der Waals surface area contributed by atoms with Crippen LogP contribution >= 0.6 is 0 Å². The molecule has 0 radical (unpaired) electrons. The summed E-state index contributed by atoms with van der Waals surface area (Å²) in [6.45, 7) is 2.32. The van der Waals surface area contributed by atoms with Crippen LogP contribution in [0.4, 0.5) is 0 Å². The molecule has 4 saturated carbocycles. The van der Waals surface area contributed by atoms with Gasteiger partial charge in [0.05, 0.1) is 7.11 Å². The second-order valence-electron chi connectivity index (χ2n) is 11.7. The number of carbonyl (C=O) groups is 3. The fourth-order valence-electron chi connectivity index (χ4n) is 8.63. The molecule has 0 aromatic rings. The third-order valence-electron chi connectivity index (χ3n) is 10.3. The molecule has 0 aromatic heterocycles. The van der Waals surface area contributed by atoms with E-state index in [1.165, 1.54) is 5.57 Å². The van der Waals surface area contributed by atoms with E-state index in [4.69, 9.17) is 9.47 Å². The van der Waals surface area contributed by atoms with Crippen LogP contribution in [-0.2, 0) is 23.9 Å². The molecule has 6 rings (SSSR count). The minimum atomic E-state index is -0.713. The van der Waals surface area contributed by atoms with Crippen molar-refractivity contribution in [2.24, 2.45) is 46.8 Å². The first kappa shape index (κ1) is 21.4. The molecule has 5 nitrogen and oxygen atoms in total. The van der Waals surface area contributed by atoms with E-state index in [0.29, 0.717) is 42.9 Å². The Labute approximate surface area is 195 Å². The fraction of sp³-hybridized carbons (Fsp3) is 0.714. The third-order valence-corrected chi connectivity index (χ3v) is 10.3. The normalized spacial score (nSPS) is 45.5. The second-order valence-corrected chi connectivity index (χ2v) is 11.7. The average molecular weight is 451 g/mol. The largest absolute Gasteiger partial charge is 0.493 e. The molecule has 176 valence electrons. The van der Waals surface area contributed by atoms with E-state index in [0.717, 1.165) is 44.3 Å². The summed E-state index contributed by atoms with van der Waals surface area (Å²) in [4.78, 5) is 37.7. The van der Waals surface area contributed by atoms with Crippen LogP contribution in [0.3, 0.4) is 0 Å². The summed E-state index contributed by atoms with van der Waals surface area (Å²) in [5.74, 6) is 2.21. The van der Waals surface area contributed by atoms with Gasteiger partial charge in [-0.1, -0.05) is 24.3 Å². The van der Waals surface area contributed by atoms with Crippen LogP contribution in [0.25, 0.3) is 0 Å². The van der Waals surface area contributed by atoms with E-state index < -0.39 is 5.92 Å². The summed E-state index contributed by atoms with van der Waals surface area (Å²) in [5.41, 5.74) is 4.82. The number of methoxy groups -OCH3 is 1. The summed E-state index contributed by atoms with van der Waals surface area (Å²) in [6.07, 6.45) is 11.9. The Morgan fingerprint density at radius 1 is 1.09 bits per heavy atom. The minimum absolute atomic E-state index is 0.0107. The van der Waals surface area contributed by atoms with Gasteiger partial charge >= 0.3 is 5.97 Å². The number of Topliss-reactive ketones (excluding diaryl/α,β-unsaturated/α-hetero) is 2. The van der Waals surface area contributed by atoms with Gasteiger partial charge in [-0.25, -0.2) is 0 Å². The predicted octanol–water partition coefficient (Wildman–Crippen LogP) is 4.56. The van der Waals surface area contributed by atoms with Crippen LogP contribution in [0.15, 0.2) is 29.2 Å². The highest BCUT2D eigenvalue weighted by Crippen LogP contribution is 2.61. The van der Waals surface area contributed by atoms with Crippen LogP contribution < -0.4 is 0 Å². The molecular weight excluding hydrogens is 416 g/mol. The van der Waals surface area contributed by atoms with E-state index in [9.17, 15) is 14.4 Å². The van der Waals surface area contributed by atoms with Crippen LogP contribution in [0.1, 0.15) is 64.7 Å². The molecule has 6 aliphatic rings. The Hall–Kier alpha value is -2.13. The number of hydrogen-bond acceptors (Lipinski definition) is 5. The van der Waals surface area contributed by atoms with E-state index in [2.05, 4.69) is 24.8 Å². The predicted molar refractivity (Wildman–Crippen MR) is 121 cm³/mol. The van der Waals surface area contributed by atoms with Crippen molar-refractivity contribution in [1.82, 2.24) is 0 Å². The molecule has 33 heavy (non-hydrogen) atoms. The summed E-state index contributed by atoms with van der Waals surface area (Å²) >= 11 is 0. The molecule has 0 bridgehead atoms. The molecule has 4 fully saturated rings. The Morgan fingerprint density at radius 3 is 2.76 bits per heavy atom. The lowest BCUT2D eigenvalue weighted by Crippen LogP contribution is -2.47. The maximum atomic E-state index is 13.2. The van der Waals surface area contributed by atoms with Crippen molar-refractivity contribution in [3.63, 3.8) is 0 Å². The van der Waals surface area contributed by atoms with Gasteiger partial charge in [-0.15, -0.1) is 0 Å². The molecule has 9 atom stereocenters. The number of ketones is 2. The topological polar surface area (TPSA) is 69.7 Å². The third kappa shape index (κ3) is 3.22. The van der Waals surface area contributed by atoms with Crippen molar-refractivity contribution in [2.45, 2.75) is 70.8 Å². The number of fused-ring (bicyclic) bond motifs is 6. The van der Waals surface area contributed by atoms with Gasteiger partial charge in [-0.3, -0.25) is 14.4 Å². The molecule has 5 heteroatoms. The molecule has 0 saturated heterocycles. The number of hydrogen-bond donors (Lipinski definition) is 0. The molecule has 0 spiro atoms. The van der Waals surface area contributed by atoms with Crippen molar-refractivity contribution in [2.75, 3.05) is 7.11 Å². The number of ether oxygens (including phenoxy) is 2. The van der Waals surface area contributed by atoms with Gasteiger partial charge in [0.15, 0.2) is 0 Å². The first-order valence-electron chi connectivity index (χ1n) is 12.8. The van der Waals surface area contributed by atoms with E-state index in [-0.39, 0.29) is 40.9 Å². The lowest BCUT2D eigenvalue weighted by molar-refractivity contribution is -0.166. The summed E-state index contributed by atoms with van der Waals surface area (Å²) in [7, 11) is 1.72. The first-order chi connectivity index (χ1) is 15.9. The van der Waals surface area contributed by atoms with Gasteiger partial charge in [0.25, 0.3) is 0 Å². The Balaban J connectivity index is 1.18. The van der Waals surface area contributed by atoms with Crippen molar-refractivity contribution in [1.29, 1.82) is 0 Å². The summed E-state index contributed by atoms with van der Waals surface area (Å²) in [5, 5.41) is 0. The number of esters is 1. The Morgan fingerprint density at radius 2 is 1.94 bits per heavy atom. The van der Waals surface area contributed by atoms with E-state index in [1.807, 2.05) is 0 Å². The standard InChI is InChI=1S/C28H34O5/c1-28-10-9-20-19-6-4-18(32-2)12-15(19)3-5-21(20)23(28)7-8-25(28)33-27(31)26-22-14-17(29)11-16(22)13-24(26)30/h3,6,16,19-23,25-26H,5,7-14H2,1-2H3/t16?,19?,20?,21?,22?,23?,25-,26?,28-/m0/s1. The first-order valence-corrected chi connectivity index (χ1v) is 12.8. The van der Waals surface area contributed by atoms with Crippen molar-refractivity contribution >= 4 is 17.5 Å². The zero-order valence-corrected chi connectivity index (χ0v) is 19.7. The lowest BCUT2D eigenvalue weighted by atomic mass is 9.54. The van der Waals surface area contributed by atoms with Gasteiger partial charge in [-0.2, -0.15) is 0 Å². The lowest BCUT2D eigenvalue weighted by Gasteiger charge is -2.52. The maximum Gasteiger partial charge on any atom is 0.317 e. The smallest absolute Gasteiger partial charge is 0.317 e. The molecule has 0 heterocycles. The SMILES string of the molecule is COC1=C=CC2C(=CCC3C2CC[C@@]2(C)C3CC[C@@H]2OC(=O)C2C(=O)CC3CC(=O)CC32)C1. The highest BCUT2D eigenvalue weighted by atomic mass is 16.5. The zero-order valence-electron chi connectivity index (χ0n) is 19.7. The molecule has 6 aliphatic carbocycles. The summed E-state index contributed by atoms with van der Waals surface area (Å²) in [6, 6.07) is 0. The highest BCUT2D eigenvalue weighted by Gasteiger charge is 2.58. The van der Waals surface area contributed by atoms with Gasteiger partial charge in [-0.05, 0) is 67.8 Å². The molecule has 0 aromatic carbocycles. The van der Waals surface area contributed by atoms with Gasteiger partial charge in [0.2, 0.25) is 0 Å². The highest BCUT2D eigenvalue weighted by molar-refractivity contribution is 6.03. The number of carbonyl (C=O) groups excluding carboxylic acids is 3. The molecule has 7 unspecified atom stereocenters. The van der Waals surface area contributed by atoms with Gasteiger partial charge < -0.3 is 9.47 Å². The average Bonchev–Trinajstić information content (AvgIpc) is 3.41. The molecule has 0 N–H and O–H groups in total. The van der Waals surface area contributed by atoms with Crippen molar-refractivity contribution < 1.29 is 23.9 Å². The van der Waals surface area contributed by atoms with Crippen LogP contribution in [0, 0.1) is 46.8 Å². The second kappa shape index (κ2) is 7.70. The van der Waals surface area contributed by atoms with Crippen molar-refractivity contribution in [3.8, 4) is 0 Å². The van der Waals surface area contributed by atoms with Gasteiger partial charge in [0.1, 0.15) is 29.3 Å². The Kier molecular flexibility index (Phi) is 4.99. The van der Waals surface area contributed by atoms with Crippen LogP contribution in [-0.4, -0.2) is 30.7 Å². The van der Waals surface area contributed by atoms with Crippen LogP contribution in [0.5, 0.6) is 0 Å². The minimum Gasteiger partial charge on any atom is -0.493 e. The maximum absolute atomic E-state index is 13.2.